The summed E-state index contributed by atoms with van der Waals surface area (Å²) in [6.07, 6.45) is 7.13. The van der Waals surface area contributed by atoms with E-state index in [1.54, 1.807) is 30.3 Å². The molecule has 4 aromatic carbocycles. The molecule has 5 N–H and O–H groups in total. The predicted octanol–water partition coefficient (Wildman–Crippen LogP) is 6.76. The normalized spacial score (nSPS) is 12.0. The van der Waals surface area contributed by atoms with Gasteiger partial charge in [0.25, 0.3) is 0 Å². The molecule has 7 heteroatoms. The van der Waals surface area contributed by atoms with Gasteiger partial charge in [0.05, 0.1) is 6.10 Å². The van der Waals surface area contributed by atoms with Crippen LogP contribution in [0.25, 0.3) is 10.8 Å². The van der Waals surface area contributed by atoms with Crippen molar-refractivity contribution in [3.63, 3.8) is 0 Å². The maximum absolute atomic E-state index is 11.7. The monoisotopic (exact) mass is 585 g/mol. The summed E-state index contributed by atoms with van der Waals surface area (Å²) in [7, 11) is 0. The summed E-state index contributed by atoms with van der Waals surface area (Å²) in [6, 6.07) is 24.1. The summed E-state index contributed by atoms with van der Waals surface area (Å²) in [4.78, 5) is 11.7. The molecule has 0 amide bonds. The van der Waals surface area contributed by atoms with E-state index >= 15 is 0 Å². The molecule has 0 saturated carbocycles. The number of aliphatic hydroxyl groups is 1. The van der Waals surface area contributed by atoms with Crippen LogP contribution in [0.3, 0.4) is 0 Å². The van der Waals surface area contributed by atoms with Crippen LogP contribution < -0.4 is 5.32 Å². The first-order valence-corrected chi connectivity index (χ1v) is 15.2. The van der Waals surface area contributed by atoms with E-state index in [9.17, 15) is 25.2 Å². The van der Waals surface area contributed by atoms with Crippen LogP contribution in [0.4, 0.5) is 0 Å². The van der Waals surface area contributed by atoms with Crippen LogP contribution in [0, 0.1) is 0 Å². The fourth-order valence-electron chi connectivity index (χ4n) is 5.35. The van der Waals surface area contributed by atoms with Crippen molar-refractivity contribution in [2.24, 2.45) is 0 Å². The molecule has 0 aliphatic carbocycles. The van der Waals surface area contributed by atoms with E-state index in [1.807, 2.05) is 18.2 Å². The van der Waals surface area contributed by atoms with Gasteiger partial charge in [0.1, 0.15) is 17.1 Å². The van der Waals surface area contributed by atoms with E-state index in [4.69, 9.17) is 4.74 Å². The van der Waals surface area contributed by atoms with Gasteiger partial charge < -0.3 is 30.5 Å². The van der Waals surface area contributed by atoms with Gasteiger partial charge in [-0.2, -0.15) is 0 Å². The van der Waals surface area contributed by atoms with E-state index < -0.39 is 12.1 Å². The number of carboxylic acids is 1. The van der Waals surface area contributed by atoms with Crippen LogP contribution >= 0.6 is 0 Å². The molecule has 43 heavy (non-hydrogen) atoms. The second-order valence-corrected chi connectivity index (χ2v) is 11.0. The van der Waals surface area contributed by atoms with Gasteiger partial charge in [-0.25, -0.2) is 4.79 Å². The fourth-order valence-corrected chi connectivity index (χ4v) is 5.35. The maximum atomic E-state index is 11.7. The molecular formula is C36H43NO6. The quantitative estimate of drug-likeness (QED) is 0.0819. The average molecular weight is 586 g/mol. The van der Waals surface area contributed by atoms with Crippen LogP contribution in [0.1, 0.15) is 77.2 Å². The smallest absolute Gasteiger partial charge is 0.339 e. The van der Waals surface area contributed by atoms with Crippen LogP contribution in [0.15, 0.2) is 78.9 Å². The number of aryl methyl sites for hydroxylation is 1. The first-order chi connectivity index (χ1) is 20.9. The third-order valence-corrected chi connectivity index (χ3v) is 7.78. The second-order valence-electron chi connectivity index (χ2n) is 11.0. The third kappa shape index (κ3) is 9.55. The zero-order valence-corrected chi connectivity index (χ0v) is 24.7. The Morgan fingerprint density at radius 1 is 0.767 bits per heavy atom. The molecule has 4 rings (SSSR count). The molecule has 4 aromatic rings. The largest absolute Gasteiger partial charge is 0.508 e. The van der Waals surface area contributed by atoms with E-state index in [0.717, 1.165) is 64.7 Å². The molecule has 0 bridgehead atoms. The highest BCUT2D eigenvalue weighted by Gasteiger charge is 2.18. The number of fused-ring (bicyclic) bond motifs is 1. The number of rotatable bonds is 18. The number of ether oxygens (including phenoxy) is 1. The van der Waals surface area contributed by atoms with Crippen molar-refractivity contribution in [1.29, 1.82) is 0 Å². The van der Waals surface area contributed by atoms with Crippen molar-refractivity contribution in [2.75, 3.05) is 26.3 Å². The van der Waals surface area contributed by atoms with Gasteiger partial charge in [-0.05, 0) is 84.5 Å². The van der Waals surface area contributed by atoms with E-state index in [1.165, 1.54) is 11.6 Å². The molecule has 0 aliphatic rings. The molecule has 0 fully saturated rings. The van der Waals surface area contributed by atoms with E-state index in [2.05, 4.69) is 29.6 Å². The Kier molecular flexibility index (Phi) is 12.4. The number of phenols is 2. The molecule has 1 atom stereocenters. The summed E-state index contributed by atoms with van der Waals surface area (Å²) in [5.74, 6) is -1.43. The Morgan fingerprint density at radius 2 is 1.47 bits per heavy atom. The van der Waals surface area contributed by atoms with Crippen LogP contribution in [-0.4, -0.2) is 52.7 Å². The lowest BCUT2D eigenvalue weighted by molar-refractivity contribution is 0.0694. The second kappa shape index (κ2) is 16.7. The van der Waals surface area contributed by atoms with Crippen molar-refractivity contribution in [1.82, 2.24) is 5.32 Å². The zero-order valence-electron chi connectivity index (χ0n) is 24.7. The van der Waals surface area contributed by atoms with Gasteiger partial charge in [0.15, 0.2) is 0 Å². The standard InChI is InChI=1S/C36H43NO6/c38-33-18-17-27(22-29(33)23-28-24-32(36(41)42)35(40)31-16-7-6-15-30(28)31)34(39)25-37-19-9-1-2-10-20-43-21-11-8-14-26-12-4-3-5-13-26/h3-7,12-13,15-18,22,24,34,37-40H,1-2,8-11,14,19-21,23,25H2,(H,41,42). The molecule has 7 nitrogen and oxygen atoms in total. The van der Waals surface area contributed by atoms with Crippen molar-refractivity contribution < 1.29 is 30.0 Å². The third-order valence-electron chi connectivity index (χ3n) is 7.78. The number of unbranched alkanes of at least 4 members (excludes halogenated alkanes) is 4. The molecule has 0 aromatic heterocycles. The number of aromatic hydroxyl groups is 2. The van der Waals surface area contributed by atoms with Gasteiger partial charge in [-0.1, -0.05) is 73.5 Å². The number of carboxylic acid groups (broad SMARTS) is 1. The highest BCUT2D eigenvalue weighted by Crippen LogP contribution is 2.34. The first kappa shape index (κ1) is 32.0. The summed E-state index contributed by atoms with van der Waals surface area (Å²) in [5, 5.41) is 45.8. The summed E-state index contributed by atoms with van der Waals surface area (Å²) >= 11 is 0. The summed E-state index contributed by atoms with van der Waals surface area (Å²) in [6.45, 7) is 2.82. The molecule has 0 heterocycles. The fraction of sp³-hybridized carbons (Fsp3) is 0.361. The van der Waals surface area contributed by atoms with Gasteiger partial charge in [-0.3, -0.25) is 0 Å². The number of aliphatic hydroxyl groups excluding tert-OH is 1. The number of aromatic carboxylic acids is 1. The van der Waals surface area contributed by atoms with Gasteiger partial charge in [0, 0.05) is 31.6 Å². The summed E-state index contributed by atoms with van der Waals surface area (Å²) in [5.41, 5.74) is 3.10. The lowest BCUT2D eigenvalue weighted by atomic mass is 9.93. The van der Waals surface area contributed by atoms with Gasteiger partial charge >= 0.3 is 5.97 Å². The molecule has 228 valence electrons. The van der Waals surface area contributed by atoms with E-state index in [0.29, 0.717) is 34.0 Å². The minimum absolute atomic E-state index is 0.0640. The number of hydrogen-bond donors (Lipinski definition) is 5. The molecule has 0 aliphatic heterocycles. The molecule has 1 unspecified atom stereocenters. The summed E-state index contributed by atoms with van der Waals surface area (Å²) < 4.78 is 5.77. The molecule has 0 saturated heterocycles. The lowest BCUT2D eigenvalue weighted by Crippen LogP contribution is -2.22. The number of phenolic OH excluding ortho intramolecular Hbond substituents is 1. The van der Waals surface area contributed by atoms with E-state index in [-0.39, 0.29) is 23.5 Å². The van der Waals surface area contributed by atoms with Crippen molar-refractivity contribution in [3.05, 3.63) is 107 Å². The SMILES string of the molecule is O=C(O)c1cc(Cc2cc(C(O)CNCCCCCCOCCCCc3ccccc3)ccc2O)c2ccccc2c1O. The molecule has 0 spiro atoms. The predicted molar refractivity (Wildman–Crippen MR) is 170 cm³/mol. The van der Waals surface area contributed by atoms with Crippen LogP contribution in [0.2, 0.25) is 0 Å². The Labute approximate surface area is 253 Å². The zero-order chi connectivity index (χ0) is 30.4. The number of carbonyl (C=O) groups is 1. The number of benzene rings is 4. The number of hydrogen-bond acceptors (Lipinski definition) is 6. The Hall–Kier alpha value is -3.91. The highest BCUT2D eigenvalue weighted by atomic mass is 16.5. The topological polar surface area (TPSA) is 119 Å². The van der Waals surface area contributed by atoms with Gasteiger partial charge in [0.2, 0.25) is 0 Å². The van der Waals surface area contributed by atoms with Crippen molar-refractivity contribution >= 4 is 16.7 Å². The Balaban J connectivity index is 1.15. The van der Waals surface area contributed by atoms with Gasteiger partial charge in [-0.15, -0.1) is 0 Å². The first-order valence-electron chi connectivity index (χ1n) is 15.2. The maximum Gasteiger partial charge on any atom is 0.339 e. The Bertz CT molecular complexity index is 1460. The highest BCUT2D eigenvalue weighted by molar-refractivity contribution is 6.02. The van der Waals surface area contributed by atoms with Crippen molar-refractivity contribution in [2.45, 2.75) is 57.5 Å². The van der Waals surface area contributed by atoms with Crippen LogP contribution in [-0.2, 0) is 17.6 Å². The molecular weight excluding hydrogens is 542 g/mol. The minimum atomic E-state index is -1.22. The Morgan fingerprint density at radius 3 is 2.23 bits per heavy atom. The van der Waals surface area contributed by atoms with Crippen molar-refractivity contribution in [3.8, 4) is 11.5 Å². The average Bonchev–Trinajstić information content (AvgIpc) is 3.02. The molecule has 0 radical (unpaired) electrons. The lowest BCUT2D eigenvalue weighted by Gasteiger charge is -2.16. The number of nitrogens with one attached hydrogen (secondary N) is 1. The van der Waals surface area contributed by atoms with Crippen LogP contribution in [0.5, 0.6) is 11.5 Å². The minimum Gasteiger partial charge on any atom is -0.508 e.